The van der Waals surface area contributed by atoms with Crippen LogP contribution in [0.5, 0.6) is 0 Å². The molecule has 0 rings (SSSR count). The van der Waals surface area contributed by atoms with E-state index in [9.17, 15) is 18.0 Å². The molecule has 0 atom stereocenters. The van der Waals surface area contributed by atoms with Crippen molar-refractivity contribution in [3.63, 3.8) is 0 Å². The van der Waals surface area contributed by atoms with Crippen LogP contribution in [-0.2, 0) is 4.79 Å². The molecule has 0 saturated carbocycles. The third-order valence-corrected chi connectivity index (χ3v) is 1.26. The Labute approximate surface area is 69.1 Å². The first-order chi connectivity index (χ1) is 5.34. The molecule has 0 fully saturated rings. The van der Waals surface area contributed by atoms with Gasteiger partial charge in [0.05, 0.1) is 0 Å². The van der Waals surface area contributed by atoms with Crippen LogP contribution < -0.4 is 5.32 Å². The van der Waals surface area contributed by atoms with E-state index >= 15 is 0 Å². The first kappa shape index (κ1) is 11.3. The molecule has 0 aliphatic rings. The summed E-state index contributed by atoms with van der Waals surface area (Å²) in [4.78, 5) is 10.2. The molecule has 0 saturated heterocycles. The Hall–Kier alpha value is -0.740. The predicted molar refractivity (Wildman–Crippen MR) is 38.5 cm³/mol. The molecule has 2 nitrogen and oxygen atoms in total. The highest BCUT2D eigenvalue weighted by molar-refractivity contribution is 5.81. The lowest BCUT2D eigenvalue weighted by Crippen LogP contribution is -2.37. The molecule has 1 amide bonds. The SMILES string of the molecule is CC(C)CCNC(=O)C(F)(F)F. The molecular weight excluding hydrogens is 171 g/mol. The van der Waals surface area contributed by atoms with Gasteiger partial charge in [0, 0.05) is 6.54 Å². The van der Waals surface area contributed by atoms with E-state index in [1.807, 2.05) is 13.8 Å². The number of hydrogen-bond acceptors (Lipinski definition) is 1. The number of alkyl halides is 3. The molecule has 1 N–H and O–H groups in total. The molecule has 0 aliphatic carbocycles. The number of carbonyl (C=O) groups is 1. The zero-order valence-corrected chi connectivity index (χ0v) is 7.03. The van der Waals surface area contributed by atoms with Crippen LogP contribution in [0, 0.1) is 5.92 Å². The predicted octanol–water partition coefficient (Wildman–Crippen LogP) is 1.71. The van der Waals surface area contributed by atoms with Gasteiger partial charge < -0.3 is 5.32 Å². The fourth-order valence-corrected chi connectivity index (χ4v) is 0.575. The number of amides is 1. The second kappa shape index (κ2) is 4.33. The maximum absolute atomic E-state index is 11.6. The maximum Gasteiger partial charge on any atom is 0.471 e. The molecule has 0 spiro atoms. The Morgan fingerprint density at radius 2 is 1.92 bits per heavy atom. The fraction of sp³-hybridized carbons (Fsp3) is 0.857. The fourth-order valence-electron chi connectivity index (χ4n) is 0.575. The highest BCUT2D eigenvalue weighted by Gasteiger charge is 2.38. The van der Waals surface area contributed by atoms with E-state index in [1.165, 1.54) is 0 Å². The van der Waals surface area contributed by atoms with Gasteiger partial charge in [-0.25, -0.2) is 0 Å². The number of nitrogens with one attached hydrogen (secondary N) is 1. The molecule has 0 aliphatic heterocycles. The largest absolute Gasteiger partial charge is 0.471 e. The summed E-state index contributed by atoms with van der Waals surface area (Å²) in [5.41, 5.74) is 0. The summed E-state index contributed by atoms with van der Waals surface area (Å²) in [5, 5.41) is 1.79. The summed E-state index contributed by atoms with van der Waals surface area (Å²) in [7, 11) is 0. The summed E-state index contributed by atoms with van der Waals surface area (Å²) in [5.74, 6) is -1.57. The van der Waals surface area contributed by atoms with Crippen LogP contribution in [0.4, 0.5) is 13.2 Å². The van der Waals surface area contributed by atoms with Crippen LogP contribution in [0.3, 0.4) is 0 Å². The minimum absolute atomic E-state index is 0.0794. The molecule has 0 bridgehead atoms. The lowest BCUT2D eigenvalue weighted by atomic mass is 10.1. The molecule has 0 aromatic rings. The molecule has 0 radical (unpaired) electrons. The third kappa shape index (κ3) is 4.98. The van der Waals surface area contributed by atoms with Crippen LogP contribution >= 0.6 is 0 Å². The van der Waals surface area contributed by atoms with E-state index in [0.29, 0.717) is 12.3 Å². The van der Waals surface area contributed by atoms with E-state index in [-0.39, 0.29) is 6.54 Å². The molecule has 0 aromatic heterocycles. The van der Waals surface area contributed by atoms with Crippen molar-refractivity contribution >= 4 is 5.91 Å². The number of halogens is 3. The minimum atomic E-state index is -4.75. The molecule has 0 aromatic carbocycles. The van der Waals surface area contributed by atoms with Gasteiger partial charge in [-0.3, -0.25) is 4.79 Å². The highest BCUT2D eigenvalue weighted by atomic mass is 19.4. The van der Waals surface area contributed by atoms with Crippen LogP contribution in [0.15, 0.2) is 0 Å². The lowest BCUT2D eigenvalue weighted by molar-refractivity contribution is -0.173. The van der Waals surface area contributed by atoms with E-state index in [0.717, 1.165) is 0 Å². The zero-order valence-electron chi connectivity index (χ0n) is 7.03. The Morgan fingerprint density at radius 1 is 1.42 bits per heavy atom. The molecule has 12 heavy (non-hydrogen) atoms. The quantitative estimate of drug-likeness (QED) is 0.709. The molecule has 0 unspecified atom stereocenters. The second-order valence-corrected chi connectivity index (χ2v) is 2.94. The van der Waals surface area contributed by atoms with Crippen molar-refractivity contribution in [2.24, 2.45) is 5.92 Å². The van der Waals surface area contributed by atoms with Crippen molar-refractivity contribution in [1.82, 2.24) is 5.32 Å². The standard InChI is InChI=1S/C7H12F3NO/c1-5(2)3-4-11-6(12)7(8,9)10/h5H,3-4H2,1-2H3,(H,11,12). The summed E-state index contributed by atoms with van der Waals surface area (Å²) < 4.78 is 34.7. The van der Waals surface area contributed by atoms with Crippen LogP contribution in [0.1, 0.15) is 20.3 Å². The molecule has 5 heteroatoms. The monoisotopic (exact) mass is 183 g/mol. The molecular formula is C7H12F3NO. The summed E-state index contributed by atoms with van der Waals surface area (Å²) >= 11 is 0. The van der Waals surface area contributed by atoms with Gasteiger partial charge in [-0.05, 0) is 12.3 Å². The van der Waals surface area contributed by atoms with Crippen molar-refractivity contribution in [1.29, 1.82) is 0 Å². The van der Waals surface area contributed by atoms with E-state index in [2.05, 4.69) is 0 Å². The smallest absolute Gasteiger partial charge is 0.348 e. The van der Waals surface area contributed by atoms with E-state index in [1.54, 1.807) is 5.32 Å². The first-order valence-electron chi connectivity index (χ1n) is 3.69. The zero-order chi connectivity index (χ0) is 9.78. The Kier molecular flexibility index (Phi) is 4.06. The maximum atomic E-state index is 11.6. The minimum Gasteiger partial charge on any atom is -0.348 e. The van der Waals surface area contributed by atoms with Gasteiger partial charge in [0.15, 0.2) is 0 Å². The summed E-state index contributed by atoms with van der Waals surface area (Å²) in [6, 6.07) is 0. The number of hydrogen-bond donors (Lipinski definition) is 1. The highest BCUT2D eigenvalue weighted by Crippen LogP contribution is 2.13. The van der Waals surface area contributed by atoms with Gasteiger partial charge in [-0.2, -0.15) is 13.2 Å². The number of rotatable bonds is 3. The lowest BCUT2D eigenvalue weighted by Gasteiger charge is -2.08. The van der Waals surface area contributed by atoms with Crippen molar-refractivity contribution in [2.75, 3.05) is 6.54 Å². The van der Waals surface area contributed by atoms with Gasteiger partial charge in [-0.15, -0.1) is 0 Å². The Bertz CT molecular complexity index is 153. The van der Waals surface area contributed by atoms with Crippen molar-refractivity contribution in [3.05, 3.63) is 0 Å². The van der Waals surface area contributed by atoms with Crippen molar-refractivity contribution in [3.8, 4) is 0 Å². The first-order valence-corrected chi connectivity index (χ1v) is 3.69. The molecule has 72 valence electrons. The second-order valence-electron chi connectivity index (χ2n) is 2.94. The summed E-state index contributed by atoms with van der Waals surface area (Å²) in [6.07, 6.45) is -4.20. The van der Waals surface area contributed by atoms with Crippen LogP contribution in [0.25, 0.3) is 0 Å². The van der Waals surface area contributed by atoms with Gasteiger partial charge >= 0.3 is 12.1 Å². The Balaban J connectivity index is 3.59. The van der Waals surface area contributed by atoms with Crippen molar-refractivity contribution in [2.45, 2.75) is 26.4 Å². The number of carbonyl (C=O) groups excluding carboxylic acids is 1. The van der Waals surface area contributed by atoms with Gasteiger partial charge in [0.1, 0.15) is 0 Å². The third-order valence-electron chi connectivity index (χ3n) is 1.26. The van der Waals surface area contributed by atoms with Crippen LogP contribution in [-0.4, -0.2) is 18.6 Å². The van der Waals surface area contributed by atoms with Crippen molar-refractivity contribution < 1.29 is 18.0 Å². The average molecular weight is 183 g/mol. The van der Waals surface area contributed by atoms with Crippen LogP contribution in [0.2, 0.25) is 0 Å². The molecule has 0 heterocycles. The van der Waals surface area contributed by atoms with Gasteiger partial charge in [0.2, 0.25) is 0 Å². The topological polar surface area (TPSA) is 29.1 Å². The average Bonchev–Trinajstić information content (AvgIpc) is 1.84. The van der Waals surface area contributed by atoms with Gasteiger partial charge in [0.25, 0.3) is 0 Å². The Morgan fingerprint density at radius 3 is 2.25 bits per heavy atom. The van der Waals surface area contributed by atoms with E-state index < -0.39 is 12.1 Å². The normalized spacial score (nSPS) is 11.8. The van der Waals surface area contributed by atoms with Gasteiger partial charge in [-0.1, -0.05) is 13.8 Å². The summed E-state index contributed by atoms with van der Waals surface area (Å²) in [6.45, 7) is 3.83. The van der Waals surface area contributed by atoms with E-state index in [4.69, 9.17) is 0 Å².